The van der Waals surface area contributed by atoms with Gasteiger partial charge in [0.05, 0.1) is 11.7 Å². The van der Waals surface area contributed by atoms with Crippen molar-refractivity contribution in [3.05, 3.63) is 175 Å². The summed E-state index contributed by atoms with van der Waals surface area (Å²) in [6.07, 6.45) is 8.85. The number of hydrogen-bond acceptors (Lipinski definition) is 3. The van der Waals surface area contributed by atoms with Crippen LogP contribution in [0.2, 0.25) is 0 Å². The highest BCUT2D eigenvalue weighted by atomic mass is 15.3. The second-order valence-corrected chi connectivity index (χ2v) is 11.1. The van der Waals surface area contributed by atoms with Crippen LogP contribution in [0.3, 0.4) is 0 Å². The molecular weight excluding hydrogens is 522 g/mol. The van der Waals surface area contributed by atoms with Crippen molar-refractivity contribution >= 4 is 17.2 Å². The molecule has 3 heteroatoms. The van der Waals surface area contributed by atoms with Crippen LogP contribution in [0.4, 0.5) is 11.6 Å². The number of aromatic nitrogens is 2. The summed E-state index contributed by atoms with van der Waals surface area (Å²) in [7, 11) is 0. The van der Waals surface area contributed by atoms with Crippen molar-refractivity contribution in [2.24, 2.45) is 0 Å². The van der Waals surface area contributed by atoms with Crippen LogP contribution in [-0.2, 0) is 0 Å². The van der Waals surface area contributed by atoms with Gasteiger partial charge in [-0.1, -0.05) is 140 Å². The molecule has 0 spiro atoms. The maximum absolute atomic E-state index is 5.16. The molecule has 204 valence electrons. The van der Waals surface area contributed by atoms with Crippen LogP contribution in [0.15, 0.2) is 164 Å². The van der Waals surface area contributed by atoms with E-state index in [0.29, 0.717) is 5.95 Å². The lowest BCUT2D eigenvalue weighted by molar-refractivity contribution is 0.732. The Labute approximate surface area is 252 Å². The van der Waals surface area contributed by atoms with E-state index in [0.717, 1.165) is 22.5 Å². The van der Waals surface area contributed by atoms with Crippen molar-refractivity contribution < 1.29 is 0 Å². The van der Waals surface area contributed by atoms with Crippen LogP contribution in [0.1, 0.15) is 17.0 Å². The standard InChI is InChI=1S/C40H29N3/c1-3-10-28(11-4-1)30-18-20-31(21-19-30)32-14-9-15-34(26-32)37-24-25-41-40(42-37)43-38-17-8-7-16-35(38)36-23-22-33(27-39(36)43)29-12-5-2-6-13-29/h1-27,36,39H. The van der Waals surface area contributed by atoms with Crippen molar-refractivity contribution in [1.29, 1.82) is 0 Å². The van der Waals surface area contributed by atoms with Gasteiger partial charge in [-0.15, -0.1) is 0 Å². The SMILES string of the molecule is C1=CC2c3ccccc3N(c3nccc(-c4cccc(-c5ccc(-c6ccccc6)cc5)c4)n3)C2C=C1c1ccccc1. The van der Waals surface area contributed by atoms with Gasteiger partial charge in [-0.2, -0.15) is 0 Å². The first-order chi connectivity index (χ1) is 21.3. The Bertz CT molecular complexity index is 1970. The third-order valence-corrected chi connectivity index (χ3v) is 8.50. The quantitative estimate of drug-likeness (QED) is 0.214. The van der Waals surface area contributed by atoms with E-state index in [9.17, 15) is 0 Å². The summed E-state index contributed by atoms with van der Waals surface area (Å²) >= 11 is 0. The van der Waals surface area contributed by atoms with Gasteiger partial charge in [0.15, 0.2) is 0 Å². The first-order valence-electron chi connectivity index (χ1n) is 14.7. The molecule has 0 saturated carbocycles. The number of rotatable bonds is 5. The lowest BCUT2D eigenvalue weighted by Crippen LogP contribution is -2.30. The Hall–Kier alpha value is -5.54. The molecule has 8 rings (SSSR count). The fourth-order valence-electron chi connectivity index (χ4n) is 6.37. The second-order valence-electron chi connectivity index (χ2n) is 11.1. The topological polar surface area (TPSA) is 29.0 Å². The molecule has 2 atom stereocenters. The predicted molar refractivity (Wildman–Crippen MR) is 177 cm³/mol. The lowest BCUT2D eigenvalue weighted by Gasteiger charge is -2.28. The Morgan fingerprint density at radius 1 is 0.535 bits per heavy atom. The molecule has 6 aromatic rings. The smallest absolute Gasteiger partial charge is 0.231 e. The molecular formula is C40H29N3. The molecule has 0 fully saturated rings. The fraction of sp³-hybridized carbons (Fsp3) is 0.0500. The van der Waals surface area contributed by atoms with Gasteiger partial charge in [-0.25, -0.2) is 9.97 Å². The fourth-order valence-corrected chi connectivity index (χ4v) is 6.37. The van der Waals surface area contributed by atoms with Gasteiger partial charge in [-0.05, 0) is 57.2 Å². The number of allylic oxidation sites excluding steroid dienone is 2. The molecule has 2 heterocycles. The van der Waals surface area contributed by atoms with Gasteiger partial charge in [0.25, 0.3) is 0 Å². The minimum Gasteiger partial charge on any atom is -0.302 e. The molecule has 5 aromatic carbocycles. The maximum Gasteiger partial charge on any atom is 0.231 e. The molecule has 1 aliphatic carbocycles. The van der Waals surface area contributed by atoms with E-state index >= 15 is 0 Å². The lowest BCUT2D eigenvalue weighted by atomic mass is 9.87. The zero-order valence-corrected chi connectivity index (χ0v) is 23.6. The average Bonchev–Trinajstić information content (AvgIpc) is 3.43. The number of nitrogens with zero attached hydrogens (tertiary/aromatic N) is 3. The van der Waals surface area contributed by atoms with E-state index in [2.05, 4.69) is 151 Å². The van der Waals surface area contributed by atoms with Crippen LogP contribution in [0.25, 0.3) is 39.1 Å². The second kappa shape index (κ2) is 10.7. The Balaban J connectivity index is 1.14. The number of para-hydroxylation sites is 1. The Morgan fingerprint density at radius 2 is 1.16 bits per heavy atom. The summed E-state index contributed by atoms with van der Waals surface area (Å²) in [5.41, 5.74) is 11.7. The summed E-state index contributed by atoms with van der Waals surface area (Å²) in [4.78, 5) is 12.3. The molecule has 1 aliphatic heterocycles. The van der Waals surface area contributed by atoms with E-state index in [1.165, 1.54) is 33.4 Å². The average molecular weight is 552 g/mol. The van der Waals surface area contributed by atoms with Gasteiger partial charge < -0.3 is 4.90 Å². The summed E-state index contributed by atoms with van der Waals surface area (Å²) in [5, 5.41) is 0. The van der Waals surface area contributed by atoms with Crippen molar-refractivity contribution in [1.82, 2.24) is 9.97 Å². The van der Waals surface area contributed by atoms with Crippen LogP contribution in [-0.4, -0.2) is 16.0 Å². The highest BCUT2D eigenvalue weighted by molar-refractivity contribution is 5.82. The van der Waals surface area contributed by atoms with Crippen LogP contribution < -0.4 is 4.90 Å². The Kier molecular flexibility index (Phi) is 6.27. The van der Waals surface area contributed by atoms with Gasteiger partial charge in [0.1, 0.15) is 0 Å². The van der Waals surface area contributed by atoms with Crippen LogP contribution in [0.5, 0.6) is 0 Å². The third-order valence-electron chi connectivity index (χ3n) is 8.50. The van der Waals surface area contributed by atoms with Crippen LogP contribution >= 0.6 is 0 Å². The molecule has 2 unspecified atom stereocenters. The molecule has 0 amide bonds. The molecule has 0 radical (unpaired) electrons. The third kappa shape index (κ3) is 4.65. The van der Waals surface area contributed by atoms with E-state index < -0.39 is 0 Å². The van der Waals surface area contributed by atoms with E-state index in [4.69, 9.17) is 9.97 Å². The number of hydrogen-bond donors (Lipinski definition) is 0. The highest BCUT2D eigenvalue weighted by Gasteiger charge is 2.39. The van der Waals surface area contributed by atoms with Crippen molar-refractivity contribution in [3.63, 3.8) is 0 Å². The molecule has 43 heavy (non-hydrogen) atoms. The molecule has 1 aromatic heterocycles. The van der Waals surface area contributed by atoms with Crippen molar-refractivity contribution in [3.8, 4) is 33.5 Å². The monoisotopic (exact) mass is 551 g/mol. The highest BCUT2D eigenvalue weighted by Crippen LogP contribution is 2.48. The zero-order chi connectivity index (χ0) is 28.6. The minimum atomic E-state index is 0.0994. The first kappa shape index (κ1) is 25.2. The normalized spacial score (nSPS) is 16.8. The van der Waals surface area contributed by atoms with E-state index in [1.807, 2.05) is 18.3 Å². The van der Waals surface area contributed by atoms with Gasteiger partial charge in [0.2, 0.25) is 5.95 Å². The zero-order valence-electron chi connectivity index (χ0n) is 23.6. The number of anilines is 2. The van der Waals surface area contributed by atoms with Gasteiger partial charge >= 0.3 is 0 Å². The maximum atomic E-state index is 5.16. The molecule has 3 nitrogen and oxygen atoms in total. The van der Waals surface area contributed by atoms with E-state index in [1.54, 1.807) is 0 Å². The van der Waals surface area contributed by atoms with Gasteiger partial charge in [0, 0.05) is 23.4 Å². The molecule has 0 saturated heterocycles. The van der Waals surface area contributed by atoms with Crippen molar-refractivity contribution in [2.75, 3.05) is 4.90 Å². The molecule has 0 N–H and O–H groups in total. The largest absolute Gasteiger partial charge is 0.302 e. The number of fused-ring (bicyclic) bond motifs is 3. The van der Waals surface area contributed by atoms with Crippen molar-refractivity contribution in [2.45, 2.75) is 12.0 Å². The molecule has 0 bridgehead atoms. The molecule has 2 aliphatic rings. The summed E-state index contributed by atoms with van der Waals surface area (Å²) in [6, 6.07) is 49.2. The minimum absolute atomic E-state index is 0.0994. The summed E-state index contributed by atoms with van der Waals surface area (Å²) in [6.45, 7) is 0. The van der Waals surface area contributed by atoms with E-state index in [-0.39, 0.29) is 12.0 Å². The van der Waals surface area contributed by atoms with Crippen LogP contribution in [0, 0.1) is 0 Å². The summed E-state index contributed by atoms with van der Waals surface area (Å²) in [5.74, 6) is 0.965. The van der Waals surface area contributed by atoms with Gasteiger partial charge in [-0.3, -0.25) is 0 Å². The summed E-state index contributed by atoms with van der Waals surface area (Å²) < 4.78 is 0. The predicted octanol–water partition coefficient (Wildman–Crippen LogP) is 9.73. The first-order valence-corrected chi connectivity index (χ1v) is 14.7. The number of benzene rings is 5. The Morgan fingerprint density at radius 3 is 1.95 bits per heavy atom.